The summed E-state index contributed by atoms with van der Waals surface area (Å²) in [6.45, 7) is 10.5. The Bertz CT molecular complexity index is 1030. The molecular weight excluding hydrogens is 394 g/mol. The van der Waals surface area contributed by atoms with Gasteiger partial charge in [0.05, 0.1) is 12.5 Å². The van der Waals surface area contributed by atoms with E-state index in [0.29, 0.717) is 44.2 Å². The highest BCUT2D eigenvalue weighted by Gasteiger charge is 2.35. The van der Waals surface area contributed by atoms with Crippen LogP contribution < -0.4 is 25.6 Å². The van der Waals surface area contributed by atoms with Gasteiger partial charge in [-0.3, -0.25) is 14.4 Å². The Labute approximate surface area is 182 Å². The van der Waals surface area contributed by atoms with Crippen molar-refractivity contribution < 1.29 is 9.53 Å². The number of nitrogens with zero attached hydrogens (tertiary/aromatic N) is 3. The lowest BCUT2D eigenvalue weighted by Gasteiger charge is -2.41. The van der Waals surface area contributed by atoms with Crippen molar-refractivity contribution in [1.29, 1.82) is 0 Å². The highest BCUT2D eigenvalue weighted by atomic mass is 16.5. The van der Waals surface area contributed by atoms with Crippen LogP contribution in [0.2, 0.25) is 0 Å². The third-order valence-corrected chi connectivity index (χ3v) is 6.52. The van der Waals surface area contributed by atoms with E-state index in [1.807, 2.05) is 4.90 Å². The zero-order chi connectivity index (χ0) is 22.1. The summed E-state index contributed by atoms with van der Waals surface area (Å²) in [6.07, 6.45) is 1.57. The SMILES string of the molecule is CCOC(=O)[C@@H]1CCCN(c2c(N3CCN(c4cc(C)ccc4C)CC3)c(=O)c2=O)C1. The van der Waals surface area contributed by atoms with E-state index >= 15 is 0 Å². The fourth-order valence-electron chi connectivity index (χ4n) is 4.82. The maximum atomic E-state index is 12.5. The van der Waals surface area contributed by atoms with Gasteiger partial charge in [0, 0.05) is 45.0 Å². The number of rotatable bonds is 5. The number of aryl methyl sites for hydroxylation is 2. The first-order chi connectivity index (χ1) is 14.9. The van der Waals surface area contributed by atoms with Gasteiger partial charge < -0.3 is 19.4 Å². The van der Waals surface area contributed by atoms with E-state index in [4.69, 9.17) is 4.74 Å². The minimum absolute atomic E-state index is 0.213. The number of carbonyl (C=O) groups excluding carboxylic acids is 1. The topological polar surface area (TPSA) is 70.2 Å². The molecule has 31 heavy (non-hydrogen) atoms. The summed E-state index contributed by atoms with van der Waals surface area (Å²) in [5, 5.41) is 0. The predicted octanol–water partition coefficient (Wildman–Crippen LogP) is 2.01. The summed E-state index contributed by atoms with van der Waals surface area (Å²) in [7, 11) is 0. The molecule has 166 valence electrons. The van der Waals surface area contributed by atoms with Gasteiger partial charge in [-0.05, 0) is 50.8 Å². The molecule has 7 heteroatoms. The van der Waals surface area contributed by atoms with Gasteiger partial charge in [0.2, 0.25) is 0 Å². The third-order valence-electron chi connectivity index (χ3n) is 6.52. The normalized spacial score (nSPS) is 19.7. The van der Waals surface area contributed by atoms with Crippen LogP contribution in [0.1, 0.15) is 30.9 Å². The molecular formula is C24H31N3O4. The molecule has 0 bridgehead atoms. The molecule has 0 spiro atoms. The Kier molecular flexibility index (Phi) is 6.03. The molecule has 0 aliphatic carbocycles. The number of benzene rings is 1. The second-order valence-electron chi connectivity index (χ2n) is 8.66. The molecule has 0 radical (unpaired) electrons. The van der Waals surface area contributed by atoms with Gasteiger partial charge in [-0.1, -0.05) is 12.1 Å². The first-order valence-corrected chi connectivity index (χ1v) is 11.2. The molecule has 0 N–H and O–H groups in total. The maximum absolute atomic E-state index is 12.5. The highest BCUT2D eigenvalue weighted by molar-refractivity contribution is 5.79. The van der Waals surface area contributed by atoms with Crippen molar-refractivity contribution in [3.8, 4) is 0 Å². The molecule has 2 heterocycles. The van der Waals surface area contributed by atoms with Crippen molar-refractivity contribution in [2.45, 2.75) is 33.6 Å². The average Bonchev–Trinajstić information content (AvgIpc) is 2.78. The predicted molar refractivity (Wildman–Crippen MR) is 123 cm³/mol. The van der Waals surface area contributed by atoms with Crippen molar-refractivity contribution >= 4 is 23.0 Å². The fourth-order valence-corrected chi connectivity index (χ4v) is 4.82. The minimum Gasteiger partial charge on any atom is -0.466 e. The van der Waals surface area contributed by atoms with Crippen LogP contribution in [0.5, 0.6) is 0 Å². The number of hydrogen-bond acceptors (Lipinski definition) is 7. The van der Waals surface area contributed by atoms with E-state index < -0.39 is 10.9 Å². The van der Waals surface area contributed by atoms with E-state index in [2.05, 4.69) is 41.8 Å². The van der Waals surface area contributed by atoms with E-state index in [1.165, 1.54) is 16.8 Å². The Balaban J connectivity index is 1.48. The highest BCUT2D eigenvalue weighted by Crippen LogP contribution is 2.31. The summed E-state index contributed by atoms with van der Waals surface area (Å²) < 4.78 is 5.17. The van der Waals surface area contributed by atoms with Gasteiger partial charge in [0.15, 0.2) is 0 Å². The van der Waals surface area contributed by atoms with Crippen LogP contribution in [0.4, 0.5) is 17.1 Å². The Morgan fingerprint density at radius 3 is 2.29 bits per heavy atom. The molecule has 0 amide bonds. The lowest BCUT2D eigenvalue weighted by Crippen LogP contribution is -2.54. The monoisotopic (exact) mass is 425 g/mol. The molecule has 7 nitrogen and oxygen atoms in total. The number of carbonyl (C=O) groups is 1. The second-order valence-corrected chi connectivity index (χ2v) is 8.66. The number of ether oxygens (including phenoxy) is 1. The zero-order valence-corrected chi connectivity index (χ0v) is 18.6. The minimum atomic E-state index is -0.420. The molecule has 2 aliphatic rings. The summed E-state index contributed by atoms with van der Waals surface area (Å²) in [5.41, 5.74) is 3.93. The molecule has 0 aromatic heterocycles. The van der Waals surface area contributed by atoms with Crippen molar-refractivity contribution in [3.05, 3.63) is 49.8 Å². The van der Waals surface area contributed by atoms with Gasteiger partial charge in [-0.25, -0.2) is 0 Å². The Morgan fingerprint density at radius 2 is 1.61 bits per heavy atom. The molecule has 0 unspecified atom stereocenters. The van der Waals surface area contributed by atoms with Gasteiger partial charge in [-0.15, -0.1) is 0 Å². The largest absolute Gasteiger partial charge is 0.466 e. The number of piperazine rings is 1. The smallest absolute Gasteiger partial charge is 0.310 e. The van der Waals surface area contributed by atoms with Gasteiger partial charge in [0.1, 0.15) is 11.4 Å². The van der Waals surface area contributed by atoms with Crippen molar-refractivity contribution in [2.24, 2.45) is 5.92 Å². The lowest BCUT2D eigenvalue weighted by atomic mass is 9.96. The van der Waals surface area contributed by atoms with E-state index in [-0.39, 0.29) is 11.9 Å². The molecule has 2 aliphatic heterocycles. The first kappa shape index (κ1) is 21.4. The first-order valence-electron chi connectivity index (χ1n) is 11.2. The van der Waals surface area contributed by atoms with Crippen LogP contribution in [-0.2, 0) is 9.53 Å². The average molecular weight is 426 g/mol. The van der Waals surface area contributed by atoms with Crippen LogP contribution in [0.3, 0.4) is 0 Å². The summed E-state index contributed by atoms with van der Waals surface area (Å²) in [4.78, 5) is 43.5. The number of piperidine rings is 1. The third kappa shape index (κ3) is 4.05. The van der Waals surface area contributed by atoms with Crippen LogP contribution in [0.15, 0.2) is 27.8 Å². The molecule has 2 aromatic rings. The quantitative estimate of drug-likeness (QED) is 0.536. The van der Waals surface area contributed by atoms with Gasteiger partial charge in [-0.2, -0.15) is 0 Å². The summed E-state index contributed by atoms with van der Waals surface area (Å²) >= 11 is 0. The van der Waals surface area contributed by atoms with Crippen LogP contribution >= 0.6 is 0 Å². The fraction of sp³-hybridized carbons (Fsp3) is 0.542. The van der Waals surface area contributed by atoms with E-state index in [9.17, 15) is 14.4 Å². The van der Waals surface area contributed by atoms with E-state index in [1.54, 1.807) is 6.92 Å². The number of hydrogen-bond donors (Lipinski definition) is 0. The molecule has 2 fully saturated rings. The van der Waals surface area contributed by atoms with Crippen LogP contribution in [0.25, 0.3) is 0 Å². The van der Waals surface area contributed by atoms with Crippen molar-refractivity contribution in [3.63, 3.8) is 0 Å². The summed E-state index contributed by atoms with van der Waals surface area (Å²) in [6, 6.07) is 6.46. The molecule has 4 rings (SSSR count). The lowest BCUT2D eigenvalue weighted by molar-refractivity contribution is -0.148. The Morgan fingerprint density at radius 1 is 0.968 bits per heavy atom. The molecule has 2 aromatic carbocycles. The zero-order valence-electron chi connectivity index (χ0n) is 18.6. The molecule has 1 atom stereocenters. The number of esters is 1. The molecule has 0 saturated carbocycles. The van der Waals surface area contributed by atoms with Gasteiger partial charge >= 0.3 is 5.97 Å². The van der Waals surface area contributed by atoms with Gasteiger partial charge in [0.25, 0.3) is 10.9 Å². The van der Waals surface area contributed by atoms with Crippen LogP contribution in [-0.4, -0.2) is 51.8 Å². The maximum Gasteiger partial charge on any atom is 0.310 e. The molecule has 2 saturated heterocycles. The Hall–Kier alpha value is -2.83. The van der Waals surface area contributed by atoms with Crippen molar-refractivity contribution in [1.82, 2.24) is 0 Å². The van der Waals surface area contributed by atoms with Crippen LogP contribution in [0, 0.1) is 19.8 Å². The summed E-state index contributed by atoms with van der Waals surface area (Å²) in [5.74, 6) is -0.457. The van der Waals surface area contributed by atoms with Crippen molar-refractivity contribution in [2.75, 3.05) is 60.6 Å². The van der Waals surface area contributed by atoms with E-state index in [0.717, 1.165) is 25.9 Å². The standard InChI is InChI=1S/C24H31N3O4/c1-4-31-24(30)18-6-5-9-27(15-18)21-20(22(28)23(21)29)26-12-10-25(11-13-26)19-14-16(2)7-8-17(19)3/h7-8,14,18H,4-6,9-13,15H2,1-3H3/t18-/m1/s1. The number of anilines is 3. The second kappa shape index (κ2) is 8.73.